The summed E-state index contributed by atoms with van der Waals surface area (Å²) in [4.78, 5) is 13.0. The van der Waals surface area contributed by atoms with Crippen molar-refractivity contribution in [1.82, 2.24) is 0 Å². The van der Waals surface area contributed by atoms with Crippen LogP contribution in [0, 0.1) is 20.8 Å². The first-order chi connectivity index (χ1) is 13.7. The maximum absolute atomic E-state index is 13.4. The fourth-order valence-corrected chi connectivity index (χ4v) is 4.63. The highest BCUT2D eigenvalue weighted by Gasteiger charge is 2.28. The average molecular weight is 425 g/mol. The number of sulfone groups is 1. The van der Waals surface area contributed by atoms with Gasteiger partial charge in [-0.2, -0.15) is 0 Å². The van der Waals surface area contributed by atoms with Crippen molar-refractivity contribution in [2.75, 3.05) is 0 Å². The first-order valence-corrected chi connectivity index (χ1v) is 10.9. The van der Waals surface area contributed by atoms with Crippen LogP contribution >= 0.6 is 11.6 Å². The van der Waals surface area contributed by atoms with Crippen LogP contribution in [0.5, 0.6) is 0 Å². The van der Waals surface area contributed by atoms with E-state index in [2.05, 4.69) is 0 Å². The Morgan fingerprint density at radius 1 is 0.793 bits per heavy atom. The summed E-state index contributed by atoms with van der Waals surface area (Å²) < 4.78 is 26.8. The van der Waals surface area contributed by atoms with E-state index < -0.39 is 15.6 Å². The zero-order valence-electron chi connectivity index (χ0n) is 16.4. The normalized spacial score (nSPS) is 12.1. The molecule has 0 aliphatic heterocycles. The Morgan fingerprint density at radius 2 is 1.34 bits per heavy atom. The number of aryl methyl sites for hydroxylation is 3. The average Bonchev–Trinajstić information content (AvgIpc) is 2.65. The molecule has 29 heavy (non-hydrogen) atoms. The quantitative estimate of drug-likeness (QED) is 0.375. The van der Waals surface area contributed by atoms with Crippen molar-refractivity contribution in [3.8, 4) is 0 Å². The van der Waals surface area contributed by atoms with Crippen LogP contribution in [0.15, 0.2) is 76.5 Å². The summed E-state index contributed by atoms with van der Waals surface area (Å²) in [7, 11) is -4.02. The molecule has 0 amide bonds. The van der Waals surface area contributed by atoms with Gasteiger partial charge in [-0.05, 0) is 68.8 Å². The second-order valence-electron chi connectivity index (χ2n) is 7.08. The molecular formula is C24H21ClO3S. The molecule has 3 nitrogen and oxygen atoms in total. The standard InChI is InChI=1S/C24H21ClO3S/c1-16-4-10-22(11-5-16)29(27,28)23(15-19-13-17(2)12-18(3)14-19)24(26)20-6-8-21(25)9-7-20/h4-15H,1-3H3/b23-15+. The van der Waals surface area contributed by atoms with Gasteiger partial charge >= 0.3 is 0 Å². The molecule has 0 saturated carbocycles. The number of halogens is 1. The van der Waals surface area contributed by atoms with Gasteiger partial charge in [-0.3, -0.25) is 4.79 Å². The van der Waals surface area contributed by atoms with E-state index in [0.29, 0.717) is 10.6 Å². The van der Waals surface area contributed by atoms with Gasteiger partial charge in [0.1, 0.15) is 4.91 Å². The summed E-state index contributed by atoms with van der Waals surface area (Å²) in [5.74, 6) is -0.568. The van der Waals surface area contributed by atoms with Crippen LogP contribution in [0.3, 0.4) is 0 Å². The van der Waals surface area contributed by atoms with Gasteiger partial charge in [0.2, 0.25) is 15.6 Å². The monoisotopic (exact) mass is 424 g/mol. The highest BCUT2D eigenvalue weighted by Crippen LogP contribution is 2.26. The van der Waals surface area contributed by atoms with Crippen molar-refractivity contribution in [2.45, 2.75) is 25.7 Å². The predicted molar refractivity (Wildman–Crippen MR) is 118 cm³/mol. The fourth-order valence-electron chi connectivity index (χ4n) is 3.10. The van der Waals surface area contributed by atoms with Crippen LogP contribution in [0.2, 0.25) is 5.02 Å². The molecule has 5 heteroatoms. The minimum atomic E-state index is -4.02. The highest BCUT2D eigenvalue weighted by atomic mass is 35.5. The molecule has 0 heterocycles. The molecule has 0 aromatic heterocycles. The zero-order valence-corrected chi connectivity index (χ0v) is 18.0. The second kappa shape index (κ2) is 8.36. The summed E-state index contributed by atoms with van der Waals surface area (Å²) in [6.45, 7) is 5.74. The lowest BCUT2D eigenvalue weighted by molar-refractivity contribution is 0.104. The largest absolute Gasteiger partial charge is 0.288 e. The van der Waals surface area contributed by atoms with Crippen molar-refractivity contribution < 1.29 is 13.2 Å². The van der Waals surface area contributed by atoms with Gasteiger partial charge in [-0.25, -0.2) is 8.42 Å². The summed E-state index contributed by atoms with van der Waals surface area (Å²) in [6.07, 6.45) is 1.45. The summed E-state index contributed by atoms with van der Waals surface area (Å²) in [5.41, 5.74) is 3.84. The molecule has 0 bridgehead atoms. The van der Waals surface area contributed by atoms with E-state index in [9.17, 15) is 13.2 Å². The lowest BCUT2D eigenvalue weighted by atomic mass is 10.1. The number of hydrogen-bond acceptors (Lipinski definition) is 3. The minimum Gasteiger partial charge on any atom is -0.288 e. The first kappa shape index (κ1) is 21.0. The van der Waals surface area contributed by atoms with E-state index in [0.717, 1.165) is 16.7 Å². The van der Waals surface area contributed by atoms with Crippen molar-refractivity contribution in [3.63, 3.8) is 0 Å². The predicted octanol–water partition coefficient (Wildman–Crippen LogP) is 5.96. The summed E-state index contributed by atoms with van der Waals surface area (Å²) in [5, 5.41) is 0.475. The number of rotatable bonds is 5. The molecule has 0 saturated heterocycles. The zero-order chi connectivity index (χ0) is 21.2. The molecule has 0 aliphatic carbocycles. The number of carbonyl (C=O) groups is 1. The maximum Gasteiger partial charge on any atom is 0.210 e. The number of hydrogen-bond donors (Lipinski definition) is 0. The Morgan fingerprint density at radius 3 is 1.90 bits per heavy atom. The lowest BCUT2D eigenvalue weighted by Gasteiger charge is -2.11. The molecule has 3 rings (SSSR count). The Labute approximate surface area is 176 Å². The molecular weight excluding hydrogens is 404 g/mol. The highest BCUT2D eigenvalue weighted by molar-refractivity contribution is 7.96. The van der Waals surface area contributed by atoms with Crippen LogP contribution in [-0.2, 0) is 9.84 Å². The third kappa shape index (κ3) is 4.84. The third-order valence-electron chi connectivity index (χ3n) is 4.49. The van der Waals surface area contributed by atoms with E-state index in [1.807, 2.05) is 39.0 Å². The van der Waals surface area contributed by atoms with E-state index in [1.54, 1.807) is 24.3 Å². The molecule has 0 atom stereocenters. The Hall–Kier alpha value is -2.69. The summed E-state index contributed by atoms with van der Waals surface area (Å²) in [6, 6.07) is 18.4. The van der Waals surface area contributed by atoms with E-state index in [-0.39, 0.29) is 15.4 Å². The van der Waals surface area contributed by atoms with Gasteiger partial charge in [-0.15, -0.1) is 0 Å². The van der Waals surface area contributed by atoms with Crippen molar-refractivity contribution >= 4 is 33.3 Å². The van der Waals surface area contributed by atoms with Gasteiger partial charge in [0.25, 0.3) is 0 Å². The first-order valence-electron chi connectivity index (χ1n) is 9.09. The number of Topliss-reactive ketones (excluding diaryl/α,β-unsaturated/α-hetero) is 1. The van der Waals surface area contributed by atoms with Crippen molar-refractivity contribution in [2.24, 2.45) is 0 Å². The van der Waals surface area contributed by atoms with Gasteiger partial charge in [0.15, 0.2) is 0 Å². The van der Waals surface area contributed by atoms with Gasteiger partial charge in [0.05, 0.1) is 4.90 Å². The number of carbonyl (C=O) groups excluding carboxylic acids is 1. The molecule has 148 valence electrons. The molecule has 0 spiro atoms. The number of benzene rings is 3. The van der Waals surface area contributed by atoms with E-state index in [1.165, 1.54) is 30.3 Å². The van der Waals surface area contributed by atoms with E-state index >= 15 is 0 Å². The third-order valence-corrected chi connectivity index (χ3v) is 6.52. The minimum absolute atomic E-state index is 0.0843. The fraction of sp³-hybridized carbons (Fsp3) is 0.125. The van der Waals surface area contributed by atoms with Gasteiger partial charge < -0.3 is 0 Å². The molecule has 0 unspecified atom stereocenters. The Bertz CT molecular complexity index is 1170. The molecule has 0 aliphatic rings. The molecule has 0 N–H and O–H groups in total. The summed E-state index contributed by atoms with van der Waals surface area (Å²) >= 11 is 5.92. The van der Waals surface area contributed by atoms with Gasteiger partial charge in [-0.1, -0.05) is 58.6 Å². The molecule has 3 aromatic rings. The molecule has 0 fully saturated rings. The Kier molecular flexibility index (Phi) is 6.06. The maximum atomic E-state index is 13.4. The van der Waals surface area contributed by atoms with Crippen LogP contribution in [0.4, 0.5) is 0 Å². The van der Waals surface area contributed by atoms with Crippen molar-refractivity contribution in [1.29, 1.82) is 0 Å². The molecule has 0 radical (unpaired) electrons. The second-order valence-corrected chi connectivity index (χ2v) is 9.44. The topological polar surface area (TPSA) is 51.2 Å². The SMILES string of the molecule is Cc1ccc(S(=O)(=O)/C(=C/c2cc(C)cc(C)c2)C(=O)c2ccc(Cl)cc2)cc1. The van der Waals surface area contributed by atoms with E-state index in [4.69, 9.17) is 11.6 Å². The van der Waals surface area contributed by atoms with Gasteiger partial charge in [0, 0.05) is 10.6 Å². The Balaban J connectivity index is 2.20. The van der Waals surface area contributed by atoms with Crippen LogP contribution < -0.4 is 0 Å². The smallest absolute Gasteiger partial charge is 0.210 e. The molecule has 3 aromatic carbocycles. The number of allylic oxidation sites excluding steroid dienone is 1. The van der Waals surface area contributed by atoms with Crippen LogP contribution in [0.1, 0.15) is 32.6 Å². The number of ketones is 1. The van der Waals surface area contributed by atoms with Crippen LogP contribution in [-0.4, -0.2) is 14.2 Å². The lowest BCUT2D eigenvalue weighted by Crippen LogP contribution is -2.14. The van der Waals surface area contributed by atoms with Crippen molar-refractivity contribution in [3.05, 3.63) is 104 Å². The van der Waals surface area contributed by atoms with Crippen LogP contribution in [0.25, 0.3) is 6.08 Å².